The van der Waals surface area contributed by atoms with E-state index in [1.54, 1.807) is 26.8 Å². The SMILES string of the molecule is C[C@@]12C=CCN(c3ccccc3)C(=O)[C@@H]1[C@H]1C(=O)N(CCCCCCO)C3C(=O)N(c4ccccc4Cl)CC=C[C@@]31O2. The second-order valence-electron chi connectivity index (χ2n) is 11.7. The van der Waals surface area contributed by atoms with E-state index in [2.05, 4.69) is 0 Å². The first-order valence-electron chi connectivity index (χ1n) is 14.7. The molecular formula is C33H36ClN3O5. The first kappa shape index (κ1) is 28.6. The van der Waals surface area contributed by atoms with Gasteiger partial charge in [-0.1, -0.05) is 79.1 Å². The number of rotatable bonds is 8. The Hall–Kier alpha value is -3.46. The van der Waals surface area contributed by atoms with Gasteiger partial charge in [0, 0.05) is 31.9 Å². The van der Waals surface area contributed by atoms with Gasteiger partial charge < -0.3 is 24.5 Å². The van der Waals surface area contributed by atoms with Crippen molar-refractivity contribution in [3.63, 3.8) is 0 Å². The van der Waals surface area contributed by atoms with Gasteiger partial charge in [0.25, 0.3) is 5.91 Å². The first-order valence-corrected chi connectivity index (χ1v) is 15.1. The van der Waals surface area contributed by atoms with Crippen LogP contribution in [0.25, 0.3) is 0 Å². The predicted octanol–water partition coefficient (Wildman–Crippen LogP) is 4.37. The molecule has 0 aliphatic carbocycles. The summed E-state index contributed by atoms with van der Waals surface area (Å²) >= 11 is 6.55. The van der Waals surface area contributed by atoms with Crippen molar-refractivity contribution >= 4 is 40.7 Å². The molecule has 2 fully saturated rings. The Balaban J connectivity index is 1.43. The van der Waals surface area contributed by atoms with Crippen molar-refractivity contribution in [3.05, 3.63) is 83.9 Å². The van der Waals surface area contributed by atoms with Gasteiger partial charge >= 0.3 is 0 Å². The number of para-hydroxylation sites is 2. The Morgan fingerprint density at radius 3 is 2.29 bits per heavy atom. The van der Waals surface area contributed by atoms with Crippen LogP contribution in [-0.2, 0) is 19.1 Å². The number of nitrogens with zero attached hydrogens (tertiary/aromatic N) is 3. The fourth-order valence-corrected chi connectivity index (χ4v) is 7.47. The van der Waals surface area contributed by atoms with Crippen molar-refractivity contribution in [3.8, 4) is 0 Å². The van der Waals surface area contributed by atoms with Crippen LogP contribution < -0.4 is 9.80 Å². The summed E-state index contributed by atoms with van der Waals surface area (Å²) in [7, 11) is 0. The average molecular weight is 590 g/mol. The second-order valence-corrected chi connectivity index (χ2v) is 12.1. The summed E-state index contributed by atoms with van der Waals surface area (Å²) in [5.41, 5.74) is -1.10. The highest BCUT2D eigenvalue weighted by Gasteiger charge is 2.74. The molecule has 0 radical (unpaired) electrons. The number of carbonyl (C=O) groups is 3. The molecule has 42 heavy (non-hydrogen) atoms. The number of ether oxygens (including phenoxy) is 1. The summed E-state index contributed by atoms with van der Waals surface area (Å²) in [6, 6.07) is 15.6. The maximum Gasteiger partial charge on any atom is 0.253 e. The third-order valence-electron chi connectivity index (χ3n) is 9.08. The predicted molar refractivity (Wildman–Crippen MR) is 161 cm³/mol. The lowest BCUT2D eigenvalue weighted by molar-refractivity contribution is -0.144. The Kier molecular flexibility index (Phi) is 7.72. The molecule has 2 aromatic carbocycles. The number of halogens is 1. The summed E-state index contributed by atoms with van der Waals surface area (Å²) < 4.78 is 6.92. The zero-order chi connectivity index (χ0) is 29.5. The molecule has 5 atom stereocenters. The Morgan fingerprint density at radius 1 is 0.833 bits per heavy atom. The van der Waals surface area contributed by atoms with E-state index in [0.29, 0.717) is 36.6 Å². The van der Waals surface area contributed by atoms with Crippen LogP contribution in [-0.4, -0.2) is 71.2 Å². The minimum atomic E-state index is -1.33. The lowest BCUT2D eigenvalue weighted by Gasteiger charge is -2.37. The van der Waals surface area contributed by atoms with Crippen molar-refractivity contribution in [1.29, 1.82) is 0 Å². The molecule has 4 aliphatic rings. The van der Waals surface area contributed by atoms with Gasteiger partial charge in [0.2, 0.25) is 11.8 Å². The first-order chi connectivity index (χ1) is 20.3. The standard InChI is InChI=1S/C33H36ClN3O5/c1-32-17-11-20-35(23-13-5-4-6-14-23)29(39)26(32)27-30(40)37(19-9-2-3-10-22-38)28-31(41)36(21-12-18-33(27,28)42-32)25-16-8-7-15-24(25)34/h4-8,11-18,26-28,38H,2-3,9-10,19-22H2,1H3/t26-,27-,28?,32+,33-/m0/s1. The molecule has 4 aliphatic heterocycles. The molecule has 220 valence electrons. The molecule has 8 nitrogen and oxygen atoms in total. The normalized spacial score (nSPS) is 30.3. The number of unbranched alkanes of at least 4 members (excludes halogenated alkanes) is 3. The molecule has 1 spiro atoms. The number of hydrogen-bond donors (Lipinski definition) is 1. The summed E-state index contributed by atoms with van der Waals surface area (Å²) in [4.78, 5) is 48.4. The third kappa shape index (κ3) is 4.57. The summed E-state index contributed by atoms with van der Waals surface area (Å²) in [6.07, 6.45) is 10.5. The van der Waals surface area contributed by atoms with Crippen LogP contribution in [0.3, 0.4) is 0 Å². The molecule has 6 rings (SSSR count). The monoisotopic (exact) mass is 589 g/mol. The van der Waals surface area contributed by atoms with Crippen LogP contribution >= 0.6 is 11.6 Å². The molecule has 9 heteroatoms. The summed E-state index contributed by atoms with van der Waals surface area (Å²) in [5.74, 6) is -2.42. The molecule has 2 saturated heterocycles. The van der Waals surface area contributed by atoms with Gasteiger partial charge in [-0.15, -0.1) is 0 Å². The average Bonchev–Trinajstić information content (AvgIpc) is 3.24. The van der Waals surface area contributed by atoms with E-state index in [1.165, 1.54) is 0 Å². The molecule has 0 bridgehead atoms. The van der Waals surface area contributed by atoms with E-state index in [4.69, 9.17) is 16.3 Å². The number of likely N-dealkylation sites (tertiary alicyclic amines) is 1. The van der Waals surface area contributed by atoms with Crippen LogP contribution in [0.15, 0.2) is 78.9 Å². The number of benzene rings is 2. The van der Waals surface area contributed by atoms with E-state index >= 15 is 0 Å². The molecule has 3 amide bonds. The van der Waals surface area contributed by atoms with Crippen LogP contribution in [0.4, 0.5) is 11.4 Å². The fourth-order valence-electron chi connectivity index (χ4n) is 7.24. The van der Waals surface area contributed by atoms with Crippen LogP contribution in [0.2, 0.25) is 5.02 Å². The molecule has 0 aromatic heterocycles. The number of aliphatic hydroxyl groups is 1. The number of amides is 3. The van der Waals surface area contributed by atoms with Gasteiger partial charge in [0.15, 0.2) is 0 Å². The lowest BCUT2D eigenvalue weighted by atomic mass is 9.74. The molecule has 4 heterocycles. The van der Waals surface area contributed by atoms with E-state index in [1.807, 2.05) is 73.7 Å². The van der Waals surface area contributed by atoms with E-state index in [9.17, 15) is 19.5 Å². The van der Waals surface area contributed by atoms with Crippen LogP contribution in [0.5, 0.6) is 0 Å². The highest BCUT2D eigenvalue weighted by molar-refractivity contribution is 6.34. The van der Waals surface area contributed by atoms with Crippen molar-refractivity contribution in [2.75, 3.05) is 36.0 Å². The topological polar surface area (TPSA) is 90.4 Å². The maximum absolute atomic E-state index is 14.6. The number of aliphatic hydroxyl groups excluding tert-OH is 1. The zero-order valence-corrected chi connectivity index (χ0v) is 24.5. The third-order valence-corrected chi connectivity index (χ3v) is 9.39. The second kappa shape index (κ2) is 11.3. The van der Waals surface area contributed by atoms with E-state index in [-0.39, 0.29) is 30.9 Å². The highest BCUT2D eigenvalue weighted by atomic mass is 35.5. The molecule has 0 saturated carbocycles. The smallest absolute Gasteiger partial charge is 0.253 e. The van der Waals surface area contributed by atoms with Crippen LogP contribution in [0.1, 0.15) is 32.6 Å². The van der Waals surface area contributed by atoms with Crippen molar-refractivity contribution in [2.24, 2.45) is 11.8 Å². The fraction of sp³-hybridized carbons (Fsp3) is 0.424. The van der Waals surface area contributed by atoms with E-state index in [0.717, 1.165) is 18.5 Å². The van der Waals surface area contributed by atoms with Crippen molar-refractivity contribution in [2.45, 2.75) is 49.9 Å². The van der Waals surface area contributed by atoms with Crippen molar-refractivity contribution in [1.82, 2.24) is 4.90 Å². The zero-order valence-electron chi connectivity index (χ0n) is 23.7. The molecule has 1 N–H and O–H groups in total. The molecule has 1 unspecified atom stereocenters. The van der Waals surface area contributed by atoms with Gasteiger partial charge in [-0.3, -0.25) is 14.4 Å². The van der Waals surface area contributed by atoms with Gasteiger partial charge in [0.1, 0.15) is 11.6 Å². The molecule has 2 aromatic rings. The maximum atomic E-state index is 14.6. The Bertz CT molecular complexity index is 1430. The minimum absolute atomic E-state index is 0.119. The lowest BCUT2D eigenvalue weighted by Crippen LogP contribution is -2.56. The number of hydrogen-bond acceptors (Lipinski definition) is 5. The van der Waals surface area contributed by atoms with Gasteiger partial charge in [-0.2, -0.15) is 0 Å². The van der Waals surface area contributed by atoms with Crippen LogP contribution in [0, 0.1) is 11.8 Å². The highest BCUT2D eigenvalue weighted by Crippen LogP contribution is 2.57. The van der Waals surface area contributed by atoms with E-state index < -0.39 is 29.1 Å². The van der Waals surface area contributed by atoms with Gasteiger partial charge in [-0.05, 0) is 44.0 Å². The number of fused-ring (bicyclic) bond motifs is 2. The van der Waals surface area contributed by atoms with Gasteiger partial charge in [0.05, 0.1) is 28.1 Å². The summed E-state index contributed by atoms with van der Waals surface area (Å²) in [5, 5.41) is 9.64. The largest absolute Gasteiger partial charge is 0.396 e. The Morgan fingerprint density at radius 2 is 1.52 bits per heavy atom. The summed E-state index contributed by atoms with van der Waals surface area (Å²) in [6.45, 7) is 2.94. The van der Waals surface area contributed by atoms with Gasteiger partial charge in [-0.25, -0.2) is 0 Å². The minimum Gasteiger partial charge on any atom is -0.396 e. The quantitative estimate of drug-likeness (QED) is 0.365. The molecular weight excluding hydrogens is 554 g/mol. The number of carbonyl (C=O) groups excluding carboxylic acids is 3. The van der Waals surface area contributed by atoms with Crippen molar-refractivity contribution < 1.29 is 24.2 Å². The Labute approximate surface area is 251 Å². The number of anilines is 2.